The van der Waals surface area contributed by atoms with Crippen LogP contribution in [0.3, 0.4) is 0 Å². The molecule has 0 radical (unpaired) electrons. The molecule has 0 aliphatic rings. The highest BCUT2D eigenvalue weighted by atomic mass is 19.1. The zero-order valence-corrected chi connectivity index (χ0v) is 7.05. The minimum Gasteiger partial charge on any atom is -0.271 e. The Balaban J connectivity index is 2.92. The first kappa shape index (κ1) is 9.16. The molecule has 0 fully saturated rings. The van der Waals surface area contributed by atoms with Gasteiger partial charge in [-0.25, -0.2) is 4.39 Å². The minimum absolute atomic E-state index is 0.0915. The van der Waals surface area contributed by atoms with E-state index in [9.17, 15) is 4.39 Å². The van der Waals surface area contributed by atoms with E-state index in [2.05, 4.69) is 5.43 Å². The number of rotatable bonds is 3. The number of benzene rings is 1. The zero-order valence-electron chi connectivity index (χ0n) is 7.05. The van der Waals surface area contributed by atoms with Gasteiger partial charge in [-0.15, -0.1) is 0 Å². The number of nitrogens with one attached hydrogen (secondary N) is 1. The molecule has 0 spiro atoms. The molecular weight excluding hydrogens is 155 g/mol. The van der Waals surface area contributed by atoms with Crippen LogP contribution in [0, 0.1) is 5.82 Å². The van der Waals surface area contributed by atoms with E-state index >= 15 is 0 Å². The maximum absolute atomic E-state index is 13.1. The molecule has 12 heavy (non-hydrogen) atoms. The minimum atomic E-state index is -0.206. The predicted octanol–water partition coefficient (Wildman–Crippen LogP) is 1.74. The van der Waals surface area contributed by atoms with Crippen molar-refractivity contribution in [3.8, 4) is 0 Å². The second-order valence-corrected chi connectivity index (χ2v) is 2.65. The Morgan fingerprint density at radius 1 is 1.50 bits per heavy atom. The quantitative estimate of drug-likeness (QED) is 0.533. The summed E-state index contributed by atoms with van der Waals surface area (Å²) in [6, 6.07) is 6.56. The molecule has 0 aromatic heterocycles. The molecule has 0 saturated carbocycles. The first-order valence-corrected chi connectivity index (χ1v) is 4.00. The van der Waals surface area contributed by atoms with Crippen LogP contribution in [-0.2, 0) is 0 Å². The molecule has 2 nitrogen and oxygen atoms in total. The van der Waals surface area contributed by atoms with Crippen LogP contribution in [0.4, 0.5) is 4.39 Å². The number of hydrogen-bond donors (Lipinski definition) is 2. The average molecular weight is 168 g/mol. The van der Waals surface area contributed by atoms with Crippen molar-refractivity contribution in [3.63, 3.8) is 0 Å². The highest BCUT2D eigenvalue weighted by Crippen LogP contribution is 2.18. The number of halogens is 1. The molecule has 3 N–H and O–H groups in total. The number of hydrazine groups is 1. The van der Waals surface area contributed by atoms with E-state index in [1.807, 2.05) is 6.92 Å². The normalized spacial score (nSPS) is 12.9. The van der Waals surface area contributed by atoms with Gasteiger partial charge in [0.15, 0.2) is 0 Å². The Hall–Kier alpha value is -0.930. The SMILES string of the molecule is CCC(NN)c1ccccc1F. The highest BCUT2D eigenvalue weighted by Gasteiger charge is 2.10. The van der Waals surface area contributed by atoms with Crippen molar-refractivity contribution >= 4 is 0 Å². The van der Waals surface area contributed by atoms with Gasteiger partial charge < -0.3 is 0 Å². The zero-order chi connectivity index (χ0) is 8.97. The summed E-state index contributed by atoms with van der Waals surface area (Å²) in [4.78, 5) is 0. The van der Waals surface area contributed by atoms with Gasteiger partial charge in [0.25, 0.3) is 0 Å². The van der Waals surface area contributed by atoms with Gasteiger partial charge in [-0.05, 0) is 12.5 Å². The maximum Gasteiger partial charge on any atom is 0.128 e. The standard InChI is InChI=1S/C9H13FN2/c1-2-9(12-11)7-5-3-4-6-8(7)10/h3-6,9,12H,2,11H2,1H3. The van der Waals surface area contributed by atoms with Crippen molar-refractivity contribution in [2.75, 3.05) is 0 Å². The molecule has 1 aromatic rings. The molecule has 3 heteroatoms. The van der Waals surface area contributed by atoms with Gasteiger partial charge in [0.2, 0.25) is 0 Å². The van der Waals surface area contributed by atoms with Crippen molar-refractivity contribution in [2.45, 2.75) is 19.4 Å². The van der Waals surface area contributed by atoms with E-state index in [0.717, 1.165) is 6.42 Å². The van der Waals surface area contributed by atoms with Gasteiger partial charge >= 0.3 is 0 Å². The van der Waals surface area contributed by atoms with Crippen LogP contribution < -0.4 is 11.3 Å². The molecule has 0 aliphatic carbocycles. The lowest BCUT2D eigenvalue weighted by Crippen LogP contribution is -2.28. The molecule has 0 saturated heterocycles. The maximum atomic E-state index is 13.1. The molecule has 1 atom stereocenters. The van der Waals surface area contributed by atoms with Gasteiger partial charge in [0.05, 0.1) is 0 Å². The van der Waals surface area contributed by atoms with Gasteiger partial charge in [-0.2, -0.15) is 0 Å². The van der Waals surface area contributed by atoms with Gasteiger partial charge in [0, 0.05) is 11.6 Å². The molecule has 0 amide bonds. The fourth-order valence-corrected chi connectivity index (χ4v) is 1.19. The van der Waals surface area contributed by atoms with Gasteiger partial charge in [0.1, 0.15) is 5.82 Å². The largest absolute Gasteiger partial charge is 0.271 e. The smallest absolute Gasteiger partial charge is 0.128 e. The van der Waals surface area contributed by atoms with E-state index in [1.165, 1.54) is 6.07 Å². The lowest BCUT2D eigenvalue weighted by molar-refractivity contribution is 0.501. The Morgan fingerprint density at radius 3 is 2.67 bits per heavy atom. The van der Waals surface area contributed by atoms with Gasteiger partial charge in [-0.1, -0.05) is 25.1 Å². The summed E-state index contributed by atoms with van der Waals surface area (Å²) in [7, 11) is 0. The Morgan fingerprint density at radius 2 is 2.17 bits per heavy atom. The van der Waals surface area contributed by atoms with E-state index in [0.29, 0.717) is 5.56 Å². The lowest BCUT2D eigenvalue weighted by Gasteiger charge is -2.13. The summed E-state index contributed by atoms with van der Waals surface area (Å²) in [6.07, 6.45) is 0.775. The van der Waals surface area contributed by atoms with E-state index in [-0.39, 0.29) is 11.9 Å². The molecule has 0 aliphatic heterocycles. The first-order valence-electron chi connectivity index (χ1n) is 4.00. The van der Waals surface area contributed by atoms with Crippen molar-refractivity contribution in [2.24, 2.45) is 5.84 Å². The predicted molar refractivity (Wildman–Crippen MR) is 46.8 cm³/mol. The van der Waals surface area contributed by atoms with Crippen LogP contribution in [0.15, 0.2) is 24.3 Å². The van der Waals surface area contributed by atoms with Crippen LogP contribution in [0.1, 0.15) is 24.9 Å². The lowest BCUT2D eigenvalue weighted by atomic mass is 10.1. The highest BCUT2D eigenvalue weighted by molar-refractivity contribution is 5.20. The summed E-state index contributed by atoms with van der Waals surface area (Å²) in [6.45, 7) is 1.96. The molecule has 1 aromatic carbocycles. The third-order valence-electron chi connectivity index (χ3n) is 1.89. The third kappa shape index (κ3) is 1.81. The molecule has 0 bridgehead atoms. The number of hydrogen-bond acceptors (Lipinski definition) is 2. The summed E-state index contributed by atoms with van der Waals surface area (Å²) in [5, 5.41) is 0. The van der Waals surface area contributed by atoms with Crippen LogP contribution in [0.25, 0.3) is 0 Å². The second-order valence-electron chi connectivity index (χ2n) is 2.65. The van der Waals surface area contributed by atoms with Crippen LogP contribution in [0.2, 0.25) is 0 Å². The first-order chi connectivity index (χ1) is 5.79. The van der Waals surface area contributed by atoms with Crippen molar-refractivity contribution < 1.29 is 4.39 Å². The van der Waals surface area contributed by atoms with Crippen molar-refractivity contribution in [1.82, 2.24) is 5.43 Å². The van der Waals surface area contributed by atoms with Gasteiger partial charge in [-0.3, -0.25) is 11.3 Å². The van der Waals surface area contributed by atoms with Crippen molar-refractivity contribution in [1.29, 1.82) is 0 Å². The fourth-order valence-electron chi connectivity index (χ4n) is 1.19. The molecule has 0 heterocycles. The van der Waals surface area contributed by atoms with E-state index in [1.54, 1.807) is 18.2 Å². The molecular formula is C9H13FN2. The van der Waals surface area contributed by atoms with E-state index < -0.39 is 0 Å². The summed E-state index contributed by atoms with van der Waals surface area (Å²) >= 11 is 0. The van der Waals surface area contributed by atoms with Crippen LogP contribution in [0.5, 0.6) is 0 Å². The van der Waals surface area contributed by atoms with Crippen molar-refractivity contribution in [3.05, 3.63) is 35.6 Å². The average Bonchev–Trinajstić information content (AvgIpc) is 2.10. The van der Waals surface area contributed by atoms with Crippen LogP contribution in [-0.4, -0.2) is 0 Å². The second kappa shape index (κ2) is 4.18. The van der Waals surface area contributed by atoms with Crippen LogP contribution >= 0.6 is 0 Å². The Kier molecular flexibility index (Phi) is 3.19. The van der Waals surface area contributed by atoms with E-state index in [4.69, 9.17) is 5.84 Å². The number of nitrogens with two attached hydrogens (primary N) is 1. The topological polar surface area (TPSA) is 38.0 Å². The summed E-state index contributed by atoms with van der Waals surface area (Å²) in [5.74, 6) is 5.06. The Bertz CT molecular complexity index is 246. The summed E-state index contributed by atoms with van der Waals surface area (Å²) in [5.41, 5.74) is 3.20. The molecule has 1 rings (SSSR count). The molecule has 66 valence electrons. The fraction of sp³-hybridized carbons (Fsp3) is 0.333. The third-order valence-corrected chi connectivity index (χ3v) is 1.89. The summed E-state index contributed by atoms with van der Waals surface area (Å²) < 4.78 is 13.1. The monoisotopic (exact) mass is 168 g/mol. The molecule has 1 unspecified atom stereocenters. The Labute approximate surface area is 71.6 Å².